The standard InChI is InChI=1S/C16H16N2O4/c19-18(20)13-7-5-12(6-8-13)9-17-10-14-11-21-15-3-1-2-4-16(15)22-14/h1-8,14,17H,9-11H2/p+1. The van der Waals surface area contributed by atoms with Crippen LogP contribution < -0.4 is 14.8 Å². The molecule has 0 saturated heterocycles. The number of rotatable bonds is 5. The summed E-state index contributed by atoms with van der Waals surface area (Å²) in [7, 11) is 0. The molecule has 0 radical (unpaired) electrons. The molecule has 0 saturated carbocycles. The number of non-ortho nitro benzene ring substituents is 1. The van der Waals surface area contributed by atoms with Crippen LogP contribution in [0.3, 0.4) is 0 Å². The van der Waals surface area contributed by atoms with Gasteiger partial charge in [0.15, 0.2) is 17.6 Å². The van der Waals surface area contributed by atoms with Crippen molar-refractivity contribution >= 4 is 5.69 Å². The van der Waals surface area contributed by atoms with Crippen LogP contribution in [-0.2, 0) is 6.54 Å². The summed E-state index contributed by atoms with van der Waals surface area (Å²) in [5.41, 5.74) is 1.16. The smallest absolute Gasteiger partial charge is 0.269 e. The number of nitro benzene ring substituents is 1. The van der Waals surface area contributed by atoms with Gasteiger partial charge in [-0.1, -0.05) is 12.1 Å². The molecule has 1 aliphatic rings. The van der Waals surface area contributed by atoms with Gasteiger partial charge in [-0.2, -0.15) is 0 Å². The van der Waals surface area contributed by atoms with Crippen molar-refractivity contribution in [1.82, 2.24) is 0 Å². The van der Waals surface area contributed by atoms with Gasteiger partial charge in [-0.15, -0.1) is 0 Å². The maximum Gasteiger partial charge on any atom is 0.269 e. The molecule has 0 amide bonds. The average Bonchev–Trinajstić information content (AvgIpc) is 2.55. The second-order valence-electron chi connectivity index (χ2n) is 5.15. The van der Waals surface area contributed by atoms with Crippen LogP contribution in [0.15, 0.2) is 48.5 Å². The Hall–Kier alpha value is -2.60. The van der Waals surface area contributed by atoms with E-state index in [9.17, 15) is 10.1 Å². The van der Waals surface area contributed by atoms with Crippen molar-refractivity contribution in [3.8, 4) is 11.5 Å². The average molecular weight is 301 g/mol. The van der Waals surface area contributed by atoms with Crippen molar-refractivity contribution < 1.29 is 19.7 Å². The second kappa shape index (κ2) is 6.44. The van der Waals surface area contributed by atoms with Crippen LogP contribution in [0, 0.1) is 10.1 Å². The van der Waals surface area contributed by atoms with Crippen molar-refractivity contribution in [2.45, 2.75) is 12.6 Å². The zero-order valence-electron chi connectivity index (χ0n) is 12.0. The molecule has 1 heterocycles. The first-order valence-electron chi connectivity index (χ1n) is 7.16. The van der Waals surface area contributed by atoms with Gasteiger partial charge in [0.1, 0.15) is 19.7 Å². The van der Waals surface area contributed by atoms with Gasteiger partial charge in [-0.05, 0) is 24.3 Å². The maximum atomic E-state index is 10.6. The van der Waals surface area contributed by atoms with E-state index in [2.05, 4.69) is 5.32 Å². The van der Waals surface area contributed by atoms with Gasteiger partial charge < -0.3 is 14.8 Å². The third kappa shape index (κ3) is 3.35. The third-order valence-corrected chi connectivity index (χ3v) is 3.52. The molecule has 1 atom stereocenters. The van der Waals surface area contributed by atoms with Crippen molar-refractivity contribution in [2.75, 3.05) is 13.2 Å². The van der Waals surface area contributed by atoms with Crippen molar-refractivity contribution in [2.24, 2.45) is 0 Å². The Kier molecular flexibility index (Phi) is 4.20. The molecule has 1 unspecified atom stereocenters. The molecular formula is C16H17N2O4+. The summed E-state index contributed by atoms with van der Waals surface area (Å²) in [6.07, 6.45) is 0.00736. The molecular weight excluding hydrogens is 284 g/mol. The van der Waals surface area contributed by atoms with Crippen LogP contribution in [-0.4, -0.2) is 24.2 Å². The van der Waals surface area contributed by atoms with Crippen LogP contribution in [0.2, 0.25) is 0 Å². The number of quaternary nitrogens is 1. The number of hydrogen-bond acceptors (Lipinski definition) is 4. The lowest BCUT2D eigenvalue weighted by Gasteiger charge is -2.25. The first-order chi connectivity index (χ1) is 10.7. The van der Waals surface area contributed by atoms with E-state index in [-0.39, 0.29) is 11.8 Å². The van der Waals surface area contributed by atoms with E-state index in [1.54, 1.807) is 12.1 Å². The number of para-hydroxylation sites is 2. The Morgan fingerprint density at radius 3 is 2.59 bits per heavy atom. The minimum atomic E-state index is -0.391. The molecule has 0 spiro atoms. The minimum Gasteiger partial charge on any atom is -0.486 e. The summed E-state index contributed by atoms with van der Waals surface area (Å²) >= 11 is 0. The van der Waals surface area contributed by atoms with Crippen molar-refractivity contribution in [3.63, 3.8) is 0 Å². The van der Waals surface area contributed by atoms with Crippen LogP contribution >= 0.6 is 0 Å². The lowest BCUT2D eigenvalue weighted by Crippen LogP contribution is -2.85. The normalized spacial score (nSPS) is 16.3. The quantitative estimate of drug-likeness (QED) is 0.670. The number of nitrogens with zero attached hydrogens (tertiary/aromatic N) is 1. The molecule has 22 heavy (non-hydrogen) atoms. The van der Waals surface area contributed by atoms with E-state index < -0.39 is 4.92 Å². The van der Waals surface area contributed by atoms with Gasteiger partial charge in [0.25, 0.3) is 5.69 Å². The molecule has 6 heteroatoms. The maximum absolute atomic E-state index is 10.6. The SMILES string of the molecule is O=[N+]([O-])c1ccc(C[NH2+]CC2COc3ccccc3O2)cc1. The van der Waals surface area contributed by atoms with Gasteiger partial charge in [0.2, 0.25) is 0 Å². The number of nitrogens with two attached hydrogens (primary N) is 1. The van der Waals surface area contributed by atoms with Gasteiger partial charge in [-0.25, -0.2) is 0 Å². The summed E-state index contributed by atoms with van der Waals surface area (Å²) < 4.78 is 11.5. The fourth-order valence-electron chi connectivity index (χ4n) is 2.37. The highest BCUT2D eigenvalue weighted by atomic mass is 16.6. The number of benzene rings is 2. The third-order valence-electron chi connectivity index (χ3n) is 3.52. The number of hydrogen-bond donors (Lipinski definition) is 1. The number of nitro groups is 1. The Balaban J connectivity index is 1.49. The predicted molar refractivity (Wildman–Crippen MR) is 79.9 cm³/mol. The van der Waals surface area contributed by atoms with E-state index in [4.69, 9.17) is 9.47 Å². The summed E-state index contributed by atoms with van der Waals surface area (Å²) in [6.45, 7) is 2.05. The molecule has 114 valence electrons. The number of fused-ring (bicyclic) bond motifs is 1. The highest BCUT2D eigenvalue weighted by Gasteiger charge is 2.21. The molecule has 2 aromatic rings. The first kappa shape index (κ1) is 14.3. The highest BCUT2D eigenvalue weighted by molar-refractivity contribution is 5.40. The van der Waals surface area contributed by atoms with Gasteiger partial charge in [0, 0.05) is 17.7 Å². The van der Waals surface area contributed by atoms with Crippen LogP contribution in [0.5, 0.6) is 11.5 Å². The van der Waals surface area contributed by atoms with Crippen LogP contribution in [0.1, 0.15) is 5.56 Å². The molecule has 0 aromatic heterocycles. The minimum absolute atomic E-state index is 0.00736. The fourth-order valence-corrected chi connectivity index (χ4v) is 2.37. The summed E-state index contributed by atoms with van der Waals surface area (Å²) in [5.74, 6) is 1.57. The van der Waals surface area contributed by atoms with Crippen molar-refractivity contribution in [3.05, 3.63) is 64.2 Å². The summed E-state index contributed by atoms with van der Waals surface area (Å²) in [4.78, 5) is 10.2. The Morgan fingerprint density at radius 1 is 1.14 bits per heavy atom. The van der Waals surface area contributed by atoms with E-state index in [0.29, 0.717) is 6.61 Å². The molecule has 1 aliphatic heterocycles. The zero-order valence-corrected chi connectivity index (χ0v) is 12.0. The van der Waals surface area contributed by atoms with E-state index in [1.807, 2.05) is 24.3 Å². The fraction of sp³-hybridized carbons (Fsp3) is 0.250. The molecule has 0 fully saturated rings. The summed E-state index contributed by atoms with van der Waals surface area (Å²) in [6, 6.07) is 14.3. The molecule has 0 bridgehead atoms. The van der Waals surface area contributed by atoms with E-state index >= 15 is 0 Å². The molecule has 6 nitrogen and oxygen atoms in total. The van der Waals surface area contributed by atoms with Gasteiger partial charge >= 0.3 is 0 Å². The summed E-state index contributed by atoms with van der Waals surface area (Å²) in [5, 5.41) is 12.7. The lowest BCUT2D eigenvalue weighted by molar-refractivity contribution is -0.676. The molecule has 3 rings (SSSR count). The predicted octanol–water partition coefficient (Wildman–Crippen LogP) is 1.50. The molecule has 0 aliphatic carbocycles. The van der Waals surface area contributed by atoms with Gasteiger partial charge in [-0.3, -0.25) is 10.1 Å². The Labute approximate surface area is 127 Å². The van der Waals surface area contributed by atoms with Gasteiger partial charge in [0.05, 0.1) is 4.92 Å². The van der Waals surface area contributed by atoms with E-state index in [0.717, 1.165) is 30.2 Å². The molecule has 2 N–H and O–H groups in total. The lowest BCUT2D eigenvalue weighted by atomic mass is 10.2. The Morgan fingerprint density at radius 2 is 1.86 bits per heavy atom. The highest BCUT2D eigenvalue weighted by Crippen LogP contribution is 2.30. The largest absolute Gasteiger partial charge is 0.486 e. The topological polar surface area (TPSA) is 78.2 Å². The van der Waals surface area contributed by atoms with E-state index in [1.165, 1.54) is 12.1 Å². The Bertz CT molecular complexity index is 657. The molecule has 2 aromatic carbocycles. The number of ether oxygens (including phenoxy) is 2. The monoisotopic (exact) mass is 301 g/mol. The zero-order chi connectivity index (χ0) is 15.4. The van der Waals surface area contributed by atoms with Crippen LogP contribution in [0.4, 0.5) is 5.69 Å². The van der Waals surface area contributed by atoms with Crippen LogP contribution in [0.25, 0.3) is 0 Å². The second-order valence-corrected chi connectivity index (χ2v) is 5.15. The van der Waals surface area contributed by atoms with Crippen molar-refractivity contribution in [1.29, 1.82) is 0 Å². The first-order valence-corrected chi connectivity index (χ1v) is 7.16.